The molecule has 0 aliphatic heterocycles. The minimum Gasteiger partial charge on any atom is -0.546 e. The number of para-hydroxylation sites is 1. The molecule has 7 nitrogen and oxygen atoms in total. The fourth-order valence-corrected chi connectivity index (χ4v) is 2.09. The van der Waals surface area contributed by atoms with E-state index in [9.17, 15) is 14.7 Å². The zero-order valence-corrected chi connectivity index (χ0v) is 14.5. The summed E-state index contributed by atoms with van der Waals surface area (Å²) < 4.78 is 10.6. The molecule has 0 spiro atoms. The van der Waals surface area contributed by atoms with Gasteiger partial charge in [-0.15, -0.1) is 0 Å². The van der Waals surface area contributed by atoms with E-state index in [-0.39, 0.29) is 6.61 Å². The van der Waals surface area contributed by atoms with Crippen LogP contribution in [0.2, 0.25) is 0 Å². The first-order valence-corrected chi connectivity index (χ1v) is 7.90. The van der Waals surface area contributed by atoms with Gasteiger partial charge in [0.15, 0.2) is 6.61 Å². The lowest BCUT2D eigenvalue weighted by molar-refractivity contribution is -0.307. The van der Waals surface area contributed by atoms with Gasteiger partial charge in [0.25, 0.3) is 5.91 Å². The van der Waals surface area contributed by atoms with Crippen molar-refractivity contribution >= 4 is 18.1 Å². The molecular weight excluding hydrogens is 336 g/mol. The number of carboxylic acid groups (broad SMARTS) is 1. The van der Waals surface area contributed by atoms with Crippen LogP contribution < -0.4 is 20.0 Å². The predicted molar refractivity (Wildman–Crippen MR) is 94.1 cm³/mol. The second-order valence-electron chi connectivity index (χ2n) is 5.48. The Morgan fingerprint density at radius 3 is 2.50 bits per heavy atom. The molecule has 0 aromatic heterocycles. The number of rotatable bonds is 8. The minimum absolute atomic E-state index is 0.176. The molecule has 0 saturated heterocycles. The Morgan fingerprint density at radius 2 is 1.73 bits per heavy atom. The van der Waals surface area contributed by atoms with Crippen molar-refractivity contribution in [2.75, 3.05) is 13.2 Å². The fourth-order valence-electron chi connectivity index (χ4n) is 2.09. The highest BCUT2D eigenvalue weighted by Crippen LogP contribution is 2.20. The Labute approximate surface area is 151 Å². The molecule has 136 valence electrons. The van der Waals surface area contributed by atoms with Gasteiger partial charge in [-0.1, -0.05) is 24.3 Å². The van der Waals surface area contributed by atoms with Crippen LogP contribution in [0.15, 0.2) is 47.6 Å². The lowest BCUT2D eigenvalue weighted by Gasteiger charge is -2.10. The van der Waals surface area contributed by atoms with Gasteiger partial charge in [0.05, 0.1) is 12.2 Å². The van der Waals surface area contributed by atoms with Gasteiger partial charge < -0.3 is 19.4 Å². The molecule has 0 aliphatic rings. The number of hydrogen-bond donors (Lipinski definition) is 1. The lowest BCUT2D eigenvalue weighted by Crippen LogP contribution is -2.29. The molecule has 0 bridgehead atoms. The number of hydrazone groups is 1. The lowest BCUT2D eigenvalue weighted by atomic mass is 10.1. The van der Waals surface area contributed by atoms with E-state index in [1.807, 2.05) is 26.0 Å². The minimum atomic E-state index is -1.33. The third-order valence-electron chi connectivity index (χ3n) is 3.57. The van der Waals surface area contributed by atoms with Gasteiger partial charge in [-0.3, -0.25) is 4.79 Å². The summed E-state index contributed by atoms with van der Waals surface area (Å²) in [4.78, 5) is 22.3. The maximum Gasteiger partial charge on any atom is 0.277 e. The van der Waals surface area contributed by atoms with E-state index < -0.39 is 18.5 Å². The standard InChI is InChI=1S/C19H20N2O5/c1-13-6-5-9-16(14(13)2)25-11-18(22)21-20-10-15-7-3-4-8-17(15)26-12-19(23)24/h3-10H,11-12H2,1-2H3,(H,21,22)(H,23,24)/p-1/b20-10+. The molecule has 0 atom stereocenters. The van der Waals surface area contributed by atoms with E-state index in [1.165, 1.54) is 6.21 Å². The molecule has 0 unspecified atom stereocenters. The molecular formula is C19H19N2O5-. The number of carboxylic acids is 1. The van der Waals surface area contributed by atoms with Crippen molar-refractivity contribution in [2.24, 2.45) is 5.10 Å². The average Bonchev–Trinajstić information content (AvgIpc) is 2.62. The van der Waals surface area contributed by atoms with E-state index in [0.717, 1.165) is 11.1 Å². The van der Waals surface area contributed by atoms with Crippen LogP contribution in [0.3, 0.4) is 0 Å². The van der Waals surface area contributed by atoms with Crippen molar-refractivity contribution in [1.29, 1.82) is 0 Å². The van der Waals surface area contributed by atoms with Gasteiger partial charge in [-0.05, 0) is 43.2 Å². The normalized spacial score (nSPS) is 10.5. The van der Waals surface area contributed by atoms with Crippen molar-refractivity contribution in [2.45, 2.75) is 13.8 Å². The number of ether oxygens (including phenoxy) is 2. The molecule has 0 heterocycles. The molecule has 0 saturated carbocycles. The number of nitrogens with zero attached hydrogens (tertiary/aromatic N) is 1. The van der Waals surface area contributed by atoms with Crippen LogP contribution in [-0.2, 0) is 9.59 Å². The second-order valence-corrected chi connectivity index (χ2v) is 5.48. The van der Waals surface area contributed by atoms with E-state index in [4.69, 9.17) is 9.47 Å². The van der Waals surface area contributed by atoms with Crippen molar-refractivity contribution in [1.82, 2.24) is 5.43 Å². The quantitative estimate of drug-likeness (QED) is 0.562. The van der Waals surface area contributed by atoms with Crippen LogP contribution in [0.4, 0.5) is 0 Å². The monoisotopic (exact) mass is 355 g/mol. The smallest absolute Gasteiger partial charge is 0.277 e. The third kappa shape index (κ3) is 5.62. The van der Waals surface area contributed by atoms with Crippen molar-refractivity contribution < 1.29 is 24.2 Å². The Hall–Kier alpha value is -3.35. The predicted octanol–water partition coefficient (Wildman–Crippen LogP) is 0.961. The maximum absolute atomic E-state index is 11.8. The molecule has 2 aromatic rings. The summed E-state index contributed by atoms with van der Waals surface area (Å²) >= 11 is 0. The summed E-state index contributed by atoms with van der Waals surface area (Å²) in [5.41, 5.74) is 4.92. The first-order chi connectivity index (χ1) is 12.5. The largest absolute Gasteiger partial charge is 0.546 e. The fraction of sp³-hybridized carbons (Fsp3) is 0.211. The number of carbonyl (C=O) groups is 2. The number of hydrogen-bond acceptors (Lipinski definition) is 6. The molecule has 2 aromatic carbocycles. The van der Waals surface area contributed by atoms with E-state index >= 15 is 0 Å². The highest BCUT2D eigenvalue weighted by atomic mass is 16.5. The van der Waals surface area contributed by atoms with Crippen LogP contribution in [0.1, 0.15) is 16.7 Å². The zero-order valence-electron chi connectivity index (χ0n) is 14.5. The maximum atomic E-state index is 11.8. The third-order valence-corrected chi connectivity index (χ3v) is 3.57. The summed E-state index contributed by atoms with van der Waals surface area (Å²) in [5.74, 6) is -0.782. The molecule has 1 amide bonds. The zero-order chi connectivity index (χ0) is 18.9. The van der Waals surface area contributed by atoms with Crippen LogP contribution in [0.5, 0.6) is 11.5 Å². The molecule has 2 rings (SSSR count). The number of carbonyl (C=O) groups excluding carboxylic acids is 2. The SMILES string of the molecule is Cc1cccc(OCC(=O)N/N=C/c2ccccc2OCC(=O)[O-])c1C. The molecule has 0 radical (unpaired) electrons. The van der Waals surface area contributed by atoms with Crippen LogP contribution in [0.25, 0.3) is 0 Å². The Morgan fingerprint density at radius 1 is 1.04 bits per heavy atom. The molecule has 26 heavy (non-hydrogen) atoms. The Bertz CT molecular complexity index is 817. The van der Waals surface area contributed by atoms with Gasteiger partial charge in [0.1, 0.15) is 18.1 Å². The topological polar surface area (TPSA) is 100 Å². The summed E-state index contributed by atoms with van der Waals surface area (Å²) in [6.45, 7) is 3.14. The van der Waals surface area contributed by atoms with Crippen molar-refractivity contribution in [3.63, 3.8) is 0 Å². The summed E-state index contributed by atoms with van der Waals surface area (Å²) in [6.07, 6.45) is 1.36. The Kier molecular flexibility index (Phi) is 6.73. The van der Waals surface area contributed by atoms with E-state index in [1.54, 1.807) is 30.3 Å². The van der Waals surface area contributed by atoms with Crippen molar-refractivity contribution in [3.05, 3.63) is 59.2 Å². The number of benzene rings is 2. The molecule has 0 fully saturated rings. The first kappa shape index (κ1) is 19.0. The highest BCUT2D eigenvalue weighted by molar-refractivity contribution is 5.85. The van der Waals surface area contributed by atoms with E-state index in [0.29, 0.717) is 17.1 Å². The summed E-state index contributed by atoms with van der Waals surface area (Å²) in [5, 5.41) is 14.3. The van der Waals surface area contributed by atoms with Gasteiger partial charge in [-0.25, -0.2) is 5.43 Å². The summed E-state index contributed by atoms with van der Waals surface area (Å²) in [7, 11) is 0. The molecule has 1 N–H and O–H groups in total. The molecule has 0 aliphatic carbocycles. The van der Waals surface area contributed by atoms with Gasteiger partial charge in [0, 0.05) is 5.56 Å². The van der Waals surface area contributed by atoms with E-state index in [2.05, 4.69) is 10.5 Å². The number of aliphatic carboxylic acids is 1. The molecule has 7 heteroatoms. The van der Waals surface area contributed by atoms with Crippen LogP contribution >= 0.6 is 0 Å². The summed E-state index contributed by atoms with van der Waals surface area (Å²) in [6, 6.07) is 12.3. The first-order valence-electron chi connectivity index (χ1n) is 7.90. The van der Waals surface area contributed by atoms with Crippen molar-refractivity contribution in [3.8, 4) is 11.5 Å². The average molecular weight is 355 g/mol. The highest BCUT2D eigenvalue weighted by Gasteiger charge is 2.06. The Balaban J connectivity index is 1.89. The van der Waals surface area contributed by atoms with Gasteiger partial charge in [0.2, 0.25) is 0 Å². The number of nitrogens with one attached hydrogen (secondary N) is 1. The van der Waals surface area contributed by atoms with Gasteiger partial charge in [-0.2, -0.15) is 5.10 Å². The van der Waals surface area contributed by atoms with Crippen LogP contribution in [0, 0.1) is 13.8 Å². The second kappa shape index (κ2) is 9.22. The van der Waals surface area contributed by atoms with Gasteiger partial charge >= 0.3 is 0 Å². The number of amides is 1. The number of aryl methyl sites for hydroxylation is 1. The van der Waals surface area contributed by atoms with Crippen LogP contribution in [-0.4, -0.2) is 31.3 Å².